The van der Waals surface area contributed by atoms with Crippen molar-refractivity contribution in [1.82, 2.24) is 4.90 Å². The number of halogens is 1. The van der Waals surface area contributed by atoms with E-state index in [0.717, 1.165) is 32.0 Å². The Balaban J connectivity index is 1.39. The van der Waals surface area contributed by atoms with E-state index in [1.54, 1.807) is 17.8 Å². The summed E-state index contributed by atoms with van der Waals surface area (Å²) in [5, 5.41) is 2.04. The number of amides is 3. The number of rotatable bonds is 6. The molecule has 1 aliphatic rings. The molecule has 166 valence electrons. The van der Waals surface area contributed by atoms with Crippen LogP contribution in [0.2, 0.25) is 0 Å². The van der Waals surface area contributed by atoms with Crippen molar-refractivity contribution in [3.05, 3.63) is 94.6 Å². The lowest BCUT2D eigenvalue weighted by atomic mass is 10.2. The van der Waals surface area contributed by atoms with Crippen molar-refractivity contribution in [3.63, 3.8) is 0 Å². The molecule has 1 fully saturated rings. The molecule has 0 saturated carbocycles. The summed E-state index contributed by atoms with van der Waals surface area (Å²) in [4.78, 5) is 40.5. The van der Waals surface area contributed by atoms with Crippen LogP contribution in [0.4, 0.5) is 14.9 Å². The van der Waals surface area contributed by atoms with Crippen LogP contribution in [0.1, 0.15) is 11.1 Å². The standard InChI is InChI=1S/C25H19FN2O3S2/c1-16-2-10-20(11-3-16)32-21-12-4-17(5-13-21)14-22-24(30)28(25(31)33-22)15-23(29)27-19-8-6-18(26)7-9-19/h2-14H,15H2,1H3,(H,27,29)/b22-14-. The molecule has 1 aliphatic heterocycles. The first kappa shape index (κ1) is 22.8. The second kappa shape index (κ2) is 10.1. The van der Waals surface area contributed by atoms with Crippen LogP contribution in [0.3, 0.4) is 0 Å². The average Bonchev–Trinajstić information content (AvgIpc) is 3.05. The second-order valence-electron chi connectivity index (χ2n) is 7.31. The predicted molar refractivity (Wildman–Crippen MR) is 129 cm³/mol. The van der Waals surface area contributed by atoms with E-state index in [2.05, 4.69) is 29.6 Å². The number of benzene rings is 3. The normalized spacial score (nSPS) is 14.7. The Bertz CT molecular complexity index is 1220. The predicted octanol–water partition coefficient (Wildman–Crippen LogP) is 5.96. The van der Waals surface area contributed by atoms with Gasteiger partial charge in [-0.05, 0) is 78.9 Å². The van der Waals surface area contributed by atoms with Crippen LogP contribution in [0.15, 0.2) is 87.5 Å². The Morgan fingerprint density at radius 3 is 2.21 bits per heavy atom. The summed E-state index contributed by atoms with van der Waals surface area (Å²) in [6, 6.07) is 21.2. The molecule has 1 heterocycles. The third-order valence-corrected chi connectivity index (χ3v) is 6.66. The summed E-state index contributed by atoms with van der Waals surface area (Å²) < 4.78 is 13.0. The highest BCUT2D eigenvalue weighted by Crippen LogP contribution is 2.33. The minimum absolute atomic E-state index is 0.258. The Hall–Kier alpha value is -3.36. The molecule has 1 saturated heterocycles. The van der Waals surface area contributed by atoms with Gasteiger partial charge in [0.25, 0.3) is 11.1 Å². The molecule has 3 aromatic rings. The summed E-state index contributed by atoms with van der Waals surface area (Å²) in [6.07, 6.45) is 1.64. The van der Waals surface area contributed by atoms with Gasteiger partial charge in [-0.2, -0.15) is 0 Å². The monoisotopic (exact) mass is 478 g/mol. The lowest BCUT2D eigenvalue weighted by molar-refractivity contribution is -0.127. The summed E-state index contributed by atoms with van der Waals surface area (Å²) in [7, 11) is 0. The van der Waals surface area contributed by atoms with Gasteiger partial charge in [-0.25, -0.2) is 4.39 Å². The minimum Gasteiger partial charge on any atom is -0.325 e. The van der Waals surface area contributed by atoms with Gasteiger partial charge in [0.05, 0.1) is 4.91 Å². The van der Waals surface area contributed by atoms with E-state index in [-0.39, 0.29) is 4.91 Å². The summed E-state index contributed by atoms with van der Waals surface area (Å²) >= 11 is 2.44. The molecule has 1 N–H and O–H groups in total. The number of hydrogen-bond donors (Lipinski definition) is 1. The fraction of sp³-hybridized carbons (Fsp3) is 0.0800. The fourth-order valence-corrected chi connectivity index (χ4v) is 4.69. The molecule has 0 atom stereocenters. The fourth-order valence-electron chi connectivity index (χ4n) is 3.04. The molecule has 0 radical (unpaired) electrons. The Morgan fingerprint density at radius 1 is 0.970 bits per heavy atom. The largest absolute Gasteiger partial charge is 0.325 e. The molecule has 0 unspecified atom stereocenters. The highest BCUT2D eigenvalue weighted by Gasteiger charge is 2.36. The van der Waals surface area contributed by atoms with Gasteiger partial charge in [0, 0.05) is 15.5 Å². The molecule has 4 rings (SSSR count). The van der Waals surface area contributed by atoms with Crippen molar-refractivity contribution in [2.75, 3.05) is 11.9 Å². The van der Waals surface area contributed by atoms with Crippen molar-refractivity contribution in [3.8, 4) is 0 Å². The topological polar surface area (TPSA) is 66.5 Å². The Labute approximate surface area is 199 Å². The van der Waals surface area contributed by atoms with Crippen molar-refractivity contribution in [2.24, 2.45) is 0 Å². The summed E-state index contributed by atoms with van der Waals surface area (Å²) in [6.45, 7) is 1.63. The van der Waals surface area contributed by atoms with Gasteiger partial charge < -0.3 is 5.32 Å². The van der Waals surface area contributed by atoms with E-state index in [9.17, 15) is 18.8 Å². The van der Waals surface area contributed by atoms with E-state index < -0.39 is 29.4 Å². The Morgan fingerprint density at radius 2 is 1.58 bits per heavy atom. The van der Waals surface area contributed by atoms with Crippen molar-refractivity contribution >= 4 is 52.3 Å². The maximum Gasteiger partial charge on any atom is 0.294 e. The smallest absolute Gasteiger partial charge is 0.294 e. The minimum atomic E-state index is -0.539. The molecule has 8 heteroatoms. The number of anilines is 1. The zero-order valence-corrected chi connectivity index (χ0v) is 19.2. The molecule has 33 heavy (non-hydrogen) atoms. The van der Waals surface area contributed by atoms with Crippen molar-refractivity contribution < 1.29 is 18.8 Å². The van der Waals surface area contributed by atoms with E-state index in [4.69, 9.17) is 0 Å². The van der Waals surface area contributed by atoms with Gasteiger partial charge in [-0.1, -0.05) is 41.6 Å². The first-order valence-corrected chi connectivity index (χ1v) is 11.7. The second-order valence-corrected chi connectivity index (χ2v) is 9.45. The number of nitrogens with zero attached hydrogens (tertiary/aromatic N) is 1. The molecule has 0 bridgehead atoms. The zero-order valence-electron chi connectivity index (χ0n) is 17.6. The number of carbonyl (C=O) groups excluding carboxylic acids is 3. The lowest BCUT2D eigenvalue weighted by Crippen LogP contribution is -2.36. The molecular formula is C25H19FN2O3S2. The highest BCUT2D eigenvalue weighted by atomic mass is 32.2. The average molecular weight is 479 g/mol. The van der Waals surface area contributed by atoms with Gasteiger partial charge in [0.15, 0.2) is 0 Å². The number of aryl methyl sites for hydroxylation is 1. The van der Waals surface area contributed by atoms with E-state index in [1.807, 2.05) is 31.2 Å². The first-order valence-electron chi connectivity index (χ1n) is 10.0. The molecular weight excluding hydrogens is 459 g/mol. The van der Waals surface area contributed by atoms with Crippen LogP contribution >= 0.6 is 23.5 Å². The molecule has 0 aromatic heterocycles. The summed E-state index contributed by atoms with van der Waals surface area (Å²) in [5.41, 5.74) is 2.37. The van der Waals surface area contributed by atoms with E-state index >= 15 is 0 Å². The van der Waals surface area contributed by atoms with Crippen LogP contribution in [-0.4, -0.2) is 28.5 Å². The third kappa shape index (κ3) is 5.91. The quantitative estimate of drug-likeness (QED) is 0.443. The van der Waals surface area contributed by atoms with Gasteiger partial charge >= 0.3 is 0 Å². The molecule has 0 spiro atoms. The number of imide groups is 1. The van der Waals surface area contributed by atoms with Crippen LogP contribution in [-0.2, 0) is 9.59 Å². The van der Waals surface area contributed by atoms with Gasteiger partial charge in [-0.15, -0.1) is 0 Å². The van der Waals surface area contributed by atoms with Crippen molar-refractivity contribution in [1.29, 1.82) is 0 Å². The number of thioether (sulfide) groups is 1. The molecule has 5 nitrogen and oxygen atoms in total. The Kier molecular flexibility index (Phi) is 6.96. The van der Waals surface area contributed by atoms with Crippen LogP contribution in [0.5, 0.6) is 0 Å². The highest BCUT2D eigenvalue weighted by molar-refractivity contribution is 8.18. The maximum absolute atomic E-state index is 13.0. The zero-order chi connectivity index (χ0) is 23.4. The van der Waals surface area contributed by atoms with Gasteiger partial charge in [0.2, 0.25) is 5.91 Å². The SMILES string of the molecule is Cc1ccc(Sc2ccc(/C=C3\SC(=O)N(CC(=O)Nc4ccc(F)cc4)C3=O)cc2)cc1. The molecule has 0 aliphatic carbocycles. The van der Waals surface area contributed by atoms with Gasteiger partial charge in [0.1, 0.15) is 12.4 Å². The van der Waals surface area contributed by atoms with Gasteiger partial charge in [-0.3, -0.25) is 19.3 Å². The molecule has 3 amide bonds. The third-order valence-electron chi connectivity index (χ3n) is 4.74. The number of nitrogens with one attached hydrogen (secondary N) is 1. The van der Waals surface area contributed by atoms with Crippen molar-refractivity contribution in [2.45, 2.75) is 16.7 Å². The lowest BCUT2D eigenvalue weighted by Gasteiger charge is -2.12. The van der Waals surface area contributed by atoms with E-state index in [1.165, 1.54) is 29.8 Å². The van der Waals surface area contributed by atoms with Crippen LogP contribution in [0, 0.1) is 12.7 Å². The number of carbonyl (C=O) groups is 3. The number of hydrogen-bond acceptors (Lipinski definition) is 5. The summed E-state index contributed by atoms with van der Waals surface area (Å²) in [5.74, 6) is -1.48. The maximum atomic E-state index is 13.0. The van der Waals surface area contributed by atoms with Crippen LogP contribution < -0.4 is 5.32 Å². The van der Waals surface area contributed by atoms with E-state index in [0.29, 0.717) is 5.69 Å². The van der Waals surface area contributed by atoms with Crippen LogP contribution in [0.25, 0.3) is 6.08 Å². The first-order chi connectivity index (χ1) is 15.9. The molecule has 3 aromatic carbocycles.